The van der Waals surface area contributed by atoms with E-state index in [0.29, 0.717) is 0 Å². The van der Waals surface area contributed by atoms with Crippen molar-refractivity contribution in [1.29, 1.82) is 0 Å². The molecule has 0 aliphatic heterocycles. The summed E-state index contributed by atoms with van der Waals surface area (Å²) in [5.74, 6) is 2.48. The number of nitrogens with one attached hydrogen (secondary N) is 2. The Morgan fingerprint density at radius 3 is 2.07 bits per heavy atom. The predicted molar refractivity (Wildman–Crippen MR) is 123 cm³/mol. The molecule has 0 amide bonds. The Morgan fingerprint density at radius 2 is 1.47 bits per heavy atom. The highest BCUT2D eigenvalue weighted by Gasteiger charge is 2.04. The van der Waals surface area contributed by atoms with Gasteiger partial charge in [0, 0.05) is 19.3 Å². The largest absolute Gasteiger partial charge is 0.456 e. The lowest BCUT2D eigenvalue weighted by atomic mass is 10.1. The zero-order chi connectivity index (χ0) is 21.0. The summed E-state index contributed by atoms with van der Waals surface area (Å²) < 4.78 is 5.52. The number of benzene rings is 2. The summed E-state index contributed by atoms with van der Waals surface area (Å²) in [6.07, 6.45) is 5.23. The summed E-state index contributed by atoms with van der Waals surface area (Å²) in [6, 6.07) is 27.9. The van der Waals surface area contributed by atoms with Gasteiger partial charge in [0.1, 0.15) is 17.3 Å². The van der Waals surface area contributed by atoms with E-state index in [0.717, 1.165) is 23.0 Å². The maximum Gasteiger partial charge on any atom is 0.145 e. The summed E-state index contributed by atoms with van der Waals surface area (Å²) in [4.78, 5) is 8.30. The lowest BCUT2D eigenvalue weighted by Gasteiger charge is -2.15. The van der Waals surface area contributed by atoms with Gasteiger partial charge in [-0.15, -0.1) is 0 Å². The van der Waals surface area contributed by atoms with Gasteiger partial charge >= 0.3 is 0 Å². The number of anilines is 2. The molecular formula is C25H26N4O. The molecule has 2 heterocycles. The molecule has 2 N–H and O–H groups in total. The molecule has 152 valence electrons. The SMILES string of the molecule is CNc1ccc(NC(C)c2ccccc2)nc1.c1ccc(Oc2cccnc2)cc1. The minimum atomic E-state index is 0.254. The third-order valence-corrected chi connectivity index (χ3v) is 4.33. The van der Waals surface area contributed by atoms with Crippen molar-refractivity contribution < 1.29 is 4.74 Å². The molecule has 0 bridgehead atoms. The van der Waals surface area contributed by atoms with Crippen molar-refractivity contribution in [2.24, 2.45) is 0 Å². The van der Waals surface area contributed by atoms with Crippen molar-refractivity contribution in [1.82, 2.24) is 9.97 Å². The normalized spacial score (nSPS) is 10.9. The molecule has 0 spiro atoms. The van der Waals surface area contributed by atoms with Crippen molar-refractivity contribution in [2.45, 2.75) is 13.0 Å². The molecule has 0 saturated carbocycles. The highest BCUT2D eigenvalue weighted by molar-refractivity contribution is 5.47. The molecule has 30 heavy (non-hydrogen) atoms. The van der Waals surface area contributed by atoms with Gasteiger partial charge in [-0.1, -0.05) is 48.5 Å². The molecule has 4 aromatic rings. The molecule has 5 nitrogen and oxygen atoms in total. The third-order valence-electron chi connectivity index (χ3n) is 4.33. The summed E-state index contributed by atoms with van der Waals surface area (Å²) in [7, 11) is 1.89. The van der Waals surface area contributed by atoms with Crippen LogP contribution in [0.4, 0.5) is 11.5 Å². The van der Waals surface area contributed by atoms with Crippen LogP contribution < -0.4 is 15.4 Å². The average Bonchev–Trinajstić information content (AvgIpc) is 2.82. The lowest BCUT2D eigenvalue weighted by Crippen LogP contribution is -2.07. The molecule has 2 aromatic heterocycles. The second-order valence-corrected chi connectivity index (χ2v) is 6.56. The molecule has 0 aliphatic carbocycles. The van der Waals surface area contributed by atoms with E-state index in [4.69, 9.17) is 4.74 Å². The first-order chi connectivity index (χ1) is 14.7. The van der Waals surface area contributed by atoms with Gasteiger partial charge in [-0.25, -0.2) is 4.98 Å². The van der Waals surface area contributed by atoms with Crippen LogP contribution in [0.2, 0.25) is 0 Å². The molecule has 5 heteroatoms. The number of hydrogen-bond donors (Lipinski definition) is 2. The van der Waals surface area contributed by atoms with Crippen molar-refractivity contribution in [3.63, 3.8) is 0 Å². The van der Waals surface area contributed by atoms with Crippen LogP contribution in [0.3, 0.4) is 0 Å². The maximum atomic E-state index is 5.52. The minimum absolute atomic E-state index is 0.254. The van der Waals surface area contributed by atoms with Crippen LogP contribution in [0.5, 0.6) is 11.5 Å². The van der Waals surface area contributed by atoms with Crippen LogP contribution in [0.1, 0.15) is 18.5 Å². The Kier molecular flexibility index (Phi) is 7.80. The van der Waals surface area contributed by atoms with Crippen LogP contribution in [-0.2, 0) is 0 Å². The van der Waals surface area contributed by atoms with Gasteiger partial charge in [0.05, 0.1) is 18.1 Å². The summed E-state index contributed by atoms with van der Waals surface area (Å²) >= 11 is 0. The molecule has 1 atom stereocenters. The number of rotatable bonds is 6. The van der Waals surface area contributed by atoms with E-state index in [1.54, 1.807) is 12.4 Å². The van der Waals surface area contributed by atoms with Crippen LogP contribution in [0, 0.1) is 0 Å². The molecule has 0 aliphatic rings. The fraction of sp³-hybridized carbons (Fsp3) is 0.120. The third kappa shape index (κ3) is 6.63. The first kappa shape index (κ1) is 20.9. The van der Waals surface area contributed by atoms with Crippen molar-refractivity contribution >= 4 is 11.5 Å². The van der Waals surface area contributed by atoms with Crippen LogP contribution >= 0.6 is 0 Å². The molecule has 0 saturated heterocycles. The van der Waals surface area contributed by atoms with Gasteiger partial charge in [-0.2, -0.15) is 0 Å². The molecule has 4 rings (SSSR count). The number of nitrogens with zero attached hydrogens (tertiary/aromatic N) is 2. The van der Waals surface area contributed by atoms with E-state index in [-0.39, 0.29) is 6.04 Å². The Morgan fingerprint density at radius 1 is 0.767 bits per heavy atom. The van der Waals surface area contributed by atoms with E-state index in [9.17, 15) is 0 Å². The Labute approximate surface area is 177 Å². The number of pyridine rings is 2. The van der Waals surface area contributed by atoms with Gasteiger partial charge < -0.3 is 15.4 Å². The van der Waals surface area contributed by atoms with Gasteiger partial charge in [0.2, 0.25) is 0 Å². The van der Waals surface area contributed by atoms with E-state index in [2.05, 4.69) is 39.7 Å². The standard InChI is InChI=1S/C14H17N3.C11H9NO/c1-11(12-6-4-3-5-7-12)17-14-9-8-13(15-2)10-16-14;1-2-5-10(6-3-1)13-11-7-4-8-12-9-11/h3-11,15H,1-2H3,(H,16,17);1-9H. The van der Waals surface area contributed by atoms with E-state index < -0.39 is 0 Å². The minimum Gasteiger partial charge on any atom is -0.456 e. The first-order valence-electron chi connectivity index (χ1n) is 9.83. The Hall–Kier alpha value is -3.86. The van der Waals surface area contributed by atoms with Crippen LogP contribution in [0.25, 0.3) is 0 Å². The lowest BCUT2D eigenvalue weighted by molar-refractivity contribution is 0.480. The Balaban J connectivity index is 0.000000177. The van der Waals surface area contributed by atoms with Gasteiger partial charge in [-0.3, -0.25) is 4.98 Å². The molecular weight excluding hydrogens is 372 g/mol. The number of hydrogen-bond acceptors (Lipinski definition) is 5. The quantitative estimate of drug-likeness (QED) is 0.407. The smallest absolute Gasteiger partial charge is 0.145 e. The van der Waals surface area contributed by atoms with Crippen molar-refractivity contribution in [2.75, 3.05) is 17.7 Å². The monoisotopic (exact) mass is 398 g/mol. The highest BCUT2D eigenvalue weighted by atomic mass is 16.5. The van der Waals surface area contributed by atoms with E-state index in [1.807, 2.05) is 86.0 Å². The van der Waals surface area contributed by atoms with Crippen LogP contribution in [0.15, 0.2) is 104 Å². The second kappa shape index (κ2) is 11.2. The average molecular weight is 399 g/mol. The molecule has 2 aromatic carbocycles. The van der Waals surface area contributed by atoms with E-state index >= 15 is 0 Å². The number of para-hydroxylation sites is 1. The second-order valence-electron chi connectivity index (χ2n) is 6.56. The van der Waals surface area contributed by atoms with Crippen molar-refractivity contribution in [3.8, 4) is 11.5 Å². The summed E-state index contributed by atoms with van der Waals surface area (Å²) in [6.45, 7) is 2.13. The summed E-state index contributed by atoms with van der Waals surface area (Å²) in [5.41, 5.74) is 2.27. The molecule has 0 fully saturated rings. The molecule has 1 unspecified atom stereocenters. The maximum absolute atomic E-state index is 5.52. The fourth-order valence-electron chi connectivity index (χ4n) is 2.71. The van der Waals surface area contributed by atoms with Gasteiger partial charge in [-0.05, 0) is 48.9 Å². The van der Waals surface area contributed by atoms with Gasteiger partial charge in [0.25, 0.3) is 0 Å². The zero-order valence-electron chi connectivity index (χ0n) is 17.2. The Bertz CT molecular complexity index is 940. The predicted octanol–water partition coefficient (Wildman–Crippen LogP) is 6.17. The van der Waals surface area contributed by atoms with Crippen molar-refractivity contribution in [3.05, 3.63) is 109 Å². The number of ether oxygens (including phenoxy) is 1. The number of aromatic nitrogens is 2. The van der Waals surface area contributed by atoms with Gasteiger partial charge in [0.15, 0.2) is 0 Å². The topological polar surface area (TPSA) is 59.1 Å². The molecule has 0 radical (unpaired) electrons. The van der Waals surface area contributed by atoms with E-state index in [1.165, 1.54) is 5.56 Å². The summed E-state index contributed by atoms with van der Waals surface area (Å²) in [5, 5.41) is 6.42. The highest BCUT2D eigenvalue weighted by Crippen LogP contribution is 2.19. The van der Waals surface area contributed by atoms with Crippen LogP contribution in [-0.4, -0.2) is 17.0 Å². The first-order valence-corrected chi connectivity index (χ1v) is 9.83. The zero-order valence-corrected chi connectivity index (χ0v) is 17.2. The fourth-order valence-corrected chi connectivity index (χ4v) is 2.71.